The van der Waals surface area contributed by atoms with Crippen LogP contribution in [0.15, 0.2) is 40.1 Å². The molecule has 7 N–H and O–H groups in total. The van der Waals surface area contributed by atoms with Crippen LogP contribution in [0, 0.1) is 0 Å². The summed E-state index contributed by atoms with van der Waals surface area (Å²) in [5.74, 6) is -0.533. The van der Waals surface area contributed by atoms with Crippen LogP contribution in [0.5, 0.6) is 5.75 Å². The van der Waals surface area contributed by atoms with Crippen LogP contribution < -0.4 is 16.0 Å². The Balaban J connectivity index is 1.73. The molecule has 1 aromatic carbocycles. The van der Waals surface area contributed by atoms with Crippen molar-refractivity contribution in [3.8, 4) is 5.75 Å². The predicted octanol–water partition coefficient (Wildman–Crippen LogP) is -0.0115. The van der Waals surface area contributed by atoms with Crippen LogP contribution in [-0.2, 0) is 38.1 Å². The highest BCUT2D eigenvalue weighted by molar-refractivity contribution is 7.66. The van der Waals surface area contributed by atoms with Gasteiger partial charge in [-0.1, -0.05) is 12.1 Å². The van der Waals surface area contributed by atoms with Gasteiger partial charge in [0.05, 0.1) is 18.7 Å². The van der Waals surface area contributed by atoms with E-state index in [1.807, 2.05) is 4.98 Å². The molecule has 1 aliphatic rings. The first kappa shape index (κ1) is 33.3. The molecular weight excluding hydrogens is 638 g/mol. The molecule has 2 heterocycles. The number of nitrogens with zero attached hydrogens (tertiary/aromatic N) is 1. The van der Waals surface area contributed by atoms with E-state index >= 15 is 0 Å². The summed E-state index contributed by atoms with van der Waals surface area (Å²) in [5.41, 5.74) is -2.20. The maximum atomic E-state index is 12.4. The van der Waals surface area contributed by atoms with Gasteiger partial charge in [-0.2, -0.15) is 8.62 Å². The molecule has 18 nitrogen and oxygen atoms in total. The van der Waals surface area contributed by atoms with Gasteiger partial charge in [0.1, 0.15) is 30.2 Å². The van der Waals surface area contributed by atoms with Crippen LogP contribution in [0.1, 0.15) is 17.2 Å². The van der Waals surface area contributed by atoms with E-state index in [1.165, 1.54) is 12.1 Å². The van der Waals surface area contributed by atoms with Crippen molar-refractivity contribution in [2.24, 2.45) is 0 Å². The highest BCUT2D eigenvalue weighted by atomic mass is 31.3. The van der Waals surface area contributed by atoms with Crippen LogP contribution in [0.4, 0.5) is 13.2 Å². The molecule has 1 aliphatic heterocycles. The Labute approximate surface area is 224 Å². The molecule has 41 heavy (non-hydrogen) atoms. The lowest BCUT2D eigenvalue weighted by Crippen LogP contribution is -2.36. The molecular formula is C17H20F3N2O16P3. The van der Waals surface area contributed by atoms with Gasteiger partial charge in [-0.25, -0.2) is 18.5 Å². The quantitative estimate of drug-likeness (QED) is 0.156. The molecule has 0 aliphatic carbocycles. The molecule has 2 unspecified atom stereocenters. The van der Waals surface area contributed by atoms with Gasteiger partial charge in [-0.05, 0) is 17.7 Å². The van der Waals surface area contributed by atoms with E-state index in [9.17, 15) is 56.5 Å². The molecule has 0 saturated carbocycles. The zero-order valence-corrected chi connectivity index (χ0v) is 22.5. The number of hydrogen-bond donors (Lipinski definition) is 7. The molecule has 0 bridgehead atoms. The third-order valence-electron chi connectivity index (χ3n) is 5.04. The lowest BCUT2D eigenvalue weighted by molar-refractivity contribution is -0.274. The molecule has 2 aromatic rings. The summed E-state index contributed by atoms with van der Waals surface area (Å²) < 4.78 is 92.4. The highest BCUT2D eigenvalue weighted by Gasteiger charge is 2.47. The molecule has 1 fully saturated rings. The highest BCUT2D eigenvalue weighted by Crippen LogP contribution is 2.66. The first-order valence-electron chi connectivity index (χ1n) is 10.6. The fourth-order valence-corrected chi connectivity index (χ4v) is 6.48. The van der Waals surface area contributed by atoms with E-state index in [4.69, 9.17) is 14.5 Å². The van der Waals surface area contributed by atoms with E-state index in [2.05, 4.69) is 17.9 Å². The van der Waals surface area contributed by atoms with Gasteiger partial charge in [0.15, 0.2) is 0 Å². The second-order valence-electron chi connectivity index (χ2n) is 8.13. The third kappa shape index (κ3) is 9.65. The number of aliphatic hydroxyl groups is 2. The first-order valence-corrected chi connectivity index (χ1v) is 15.2. The van der Waals surface area contributed by atoms with E-state index in [0.717, 1.165) is 22.9 Å². The van der Waals surface area contributed by atoms with Crippen molar-refractivity contribution in [1.82, 2.24) is 9.55 Å². The Morgan fingerprint density at radius 2 is 1.56 bits per heavy atom. The molecule has 3 rings (SSSR count). The molecule has 0 radical (unpaired) electrons. The minimum Gasteiger partial charge on any atom is -0.406 e. The molecule has 1 saturated heterocycles. The smallest absolute Gasteiger partial charge is 0.406 e. The molecule has 1 aromatic heterocycles. The Morgan fingerprint density at radius 1 is 0.951 bits per heavy atom. The number of phosphoric acid groups is 3. The van der Waals surface area contributed by atoms with E-state index in [-0.39, 0.29) is 12.1 Å². The maximum absolute atomic E-state index is 12.4. The normalized spacial score (nSPS) is 24.5. The number of hydrogen-bond acceptors (Lipinski definition) is 12. The minimum atomic E-state index is -5.83. The average molecular weight is 658 g/mol. The third-order valence-corrected chi connectivity index (χ3v) is 8.84. The number of aliphatic hydroxyl groups excluding tert-OH is 2. The molecule has 0 amide bonds. The number of aromatic nitrogens is 2. The predicted molar refractivity (Wildman–Crippen MR) is 123 cm³/mol. The van der Waals surface area contributed by atoms with Crippen molar-refractivity contribution in [2.45, 2.75) is 37.3 Å². The zero-order valence-electron chi connectivity index (χ0n) is 19.8. The largest absolute Gasteiger partial charge is 0.573 e. The Bertz CT molecular complexity index is 1510. The van der Waals surface area contributed by atoms with E-state index in [0.29, 0.717) is 0 Å². The second-order valence-corrected chi connectivity index (χ2v) is 12.5. The number of aromatic amines is 1. The van der Waals surface area contributed by atoms with Crippen molar-refractivity contribution in [3.05, 3.63) is 62.4 Å². The molecule has 24 heteroatoms. The second kappa shape index (κ2) is 12.2. The summed E-state index contributed by atoms with van der Waals surface area (Å²) >= 11 is 0. The van der Waals surface area contributed by atoms with Crippen LogP contribution in [-0.4, -0.2) is 70.6 Å². The van der Waals surface area contributed by atoms with Gasteiger partial charge in [-0.15, -0.1) is 13.2 Å². The fourth-order valence-electron chi connectivity index (χ4n) is 3.45. The number of rotatable bonds is 11. The number of phosphoric ester groups is 1. The van der Waals surface area contributed by atoms with Gasteiger partial charge in [0.2, 0.25) is 0 Å². The van der Waals surface area contributed by atoms with Crippen molar-refractivity contribution in [1.29, 1.82) is 0 Å². The standard InChI is InChI=1S/C17H20F3N2O16P3/c18-17(19,20)36-9-3-1-8(2-4-9)5-22-6-10(15(25)21-16(22)26)14-13(24)12(23)11(35-14)7-34-40(30,31)38-41(32,33)37-39(27,28)29/h1-4,6,11-14,23-24H,5,7H2,(H,30,31)(H,32,33)(H,21,25,26)(H2,27,28,29)/t11-,12-,13-,14+/m1/s1. The van der Waals surface area contributed by atoms with Gasteiger partial charge >= 0.3 is 35.5 Å². The van der Waals surface area contributed by atoms with E-state index < -0.39 is 83.4 Å². The summed E-state index contributed by atoms with van der Waals surface area (Å²) in [6, 6.07) is 4.34. The van der Waals surface area contributed by atoms with Crippen LogP contribution >= 0.6 is 23.5 Å². The molecule has 0 spiro atoms. The summed E-state index contributed by atoms with van der Waals surface area (Å²) in [5, 5.41) is 20.6. The maximum Gasteiger partial charge on any atom is 0.573 e. The number of halogens is 3. The van der Waals surface area contributed by atoms with Gasteiger partial charge in [-0.3, -0.25) is 18.9 Å². The van der Waals surface area contributed by atoms with Crippen molar-refractivity contribution in [2.75, 3.05) is 6.61 Å². The van der Waals surface area contributed by atoms with Crippen molar-refractivity contribution in [3.63, 3.8) is 0 Å². The minimum absolute atomic E-state index is 0.279. The number of benzene rings is 1. The fraction of sp³-hybridized carbons (Fsp3) is 0.412. The number of H-pyrrole nitrogens is 1. The summed E-state index contributed by atoms with van der Waals surface area (Å²) in [4.78, 5) is 62.4. The lowest BCUT2D eigenvalue weighted by atomic mass is 10.0. The van der Waals surface area contributed by atoms with Gasteiger partial charge < -0.3 is 39.3 Å². The Morgan fingerprint density at radius 3 is 2.12 bits per heavy atom. The van der Waals surface area contributed by atoms with Crippen molar-refractivity contribution < 1.29 is 79.3 Å². The summed E-state index contributed by atoms with van der Waals surface area (Å²) in [6.45, 7) is -1.45. The van der Waals surface area contributed by atoms with Gasteiger partial charge in [0, 0.05) is 6.20 Å². The molecule has 230 valence electrons. The first-order chi connectivity index (χ1) is 18.6. The summed E-state index contributed by atoms with van der Waals surface area (Å²) in [7, 11) is -17.1. The number of nitrogens with one attached hydrogen (secondary N) is 1. The zero-order chi connectivity index (χ0) is 31.0. The SMILES string of the molecule is O=c1[nH]c(=O)n(Cc2ccc(OC(F)(F)F)cc2)cc1[C@@H]1O[C@H](COP(=O)(O)OP(=O)(O)OP(=O)(O)O)[C@@H](O)[C@H]1O. The summed E-state index contributed by atoms with van der Waals surface area (Å²) in [6.07, 6.45) is -11.2. The van der Waals surface area contributed by atoms with Gasteiger partial charge in [0.25, 0.3) is 5.56 Å². The van der Waals surface area contributed by atoms with Crippen LogP contribution in [0.3, 0.4) is 0 Å². The van der Waals surface area contributed by atoms with E-state index in [1.54, 1.807) is 0 Å². The van der Waals surface area contributed by atoms with Crippen molar-refractivity contribution >= 4 is 23.5 Å². The topological polar surface area (TPSA) is 274 Å². The number of ether oxygens (including phenoxy) is 2. The molecule has 6 atom stereocenters. The van der Waals surface area contributed by atoms with Crippen LogP contribution in [0.25, 0.3) is 0 Å². The van der Waals surface area contributed by atoms with Crippen LogP contribution in [0.2, 0.25) is 0 Å². The Kier molecular flexibility index (Phi) is 9.89. The monoisotopic (exact) mass is 658 g/mol. The Hall–Kier alpha value is -2.22. The number of alkyl halides is 3. The average Bonchev–Trinajstić information content (AvgIpc) is 3.06. The lowest BCUT2D eigenvalue weighted by Gasteiger charge is -2.19.